The molecule has 0 spiro atoms. The molecule has 0 radical (unpaired) electrons. The smallest absolute Gasteiger partial charge is 0.248 e. The molecule has 26 heavy (non-hydrogen) atoms. The summed E-state index contributed by atoms with van der Waals surface area (Å²) in [7, 11) is 0. The summed E-state index contributed by atoms with van der Waals surface area (Å²) >= 11 is 0. The van der Waals surface area contributed by atoms with Crippen molar-refractivity contribution < 1.29 is 9.15 Å². The lowest BCUT2D eigenvalue weighted by Crippen LogP contribution is -2.09. The quantitative estimate of drug-likeness (QED) is 0.714. The predicted octanol–water partition coefficient (Wildman–Crippen LogP) is 4.32. The molecule has 1 aromatic heterocycles. The average molecular weight is 348 g/mol. The molecule has 2 aromatic carbocycles. The normalized spacial score (nSPS) is 10.6. The summed E-state index contributed by atoms with van der Waals surface area (Å²) in [5.74, 6) is 1.63. The molecule has 0 aliphatic carbocycles. The molecule has 0 aliphatic heterocycles. The number of aromatic nitrogens is 2. The van der Waals surface area contributed by atoms with Gasteiger partial charge in [-0.15, -0.1) is 10.2 Å². The lowest BCUT2D eigenvalue weighted by Gasteiger charge is -2.15. The Kier molecular flexibility index (Phi) is 5.18. The molecule has 0 fully saturated rings. The highest BCUT2D eigenvalue weighted by Crippen LogP contribution is 2.28. The average Bonchev–Trinajstić information content (AvgIpc) is 3.09. The van der Waals surface area contributed by atoms with Gasteiger partial charge in [-0.3, -0.25) is 0 Å². The van der Waals surface area contributed by atoms with E-state index in [4.69, 9.17) is 14.4 Å². The maximum atomic E-state index is 9.12. The molecule has 0 bridgehead atoms. The van der Waals surface area contributed by atoms with Crippen LogP contribution >= 0.6 is 0 Å². The molecule has 0 aliphatic rings. The van der Waals surface area contributed by atoms with Crippen molar-refractivity contribution in [1.29, 1.82) is 5.26 Å². The standard InChI is InChI=1S/C20H20N4O2/c1-13(2)25-18-9-8-15(11-21)10-17(18)22-12-19-23-24-20(26-19)16-7-5-4-6-14(16)3/h4-10,13,22H,12H2,1-3H3. The van der Waals surface area contributed by atoms with Crippen molar-refractivity contribution in [2.24, 2.45) is 0 Å². The van der Waals surface area contributed by atoms with Crippen LogP contribution in [0.5, 0.6) is 5.75 Å². The van der Waals surface area contributed by atoms with E-state index in [-0.39, 0.29) is 6.10 Å². The maximum Gasteiger partial charge on any atom is 0.248 e. The van der Waals surface area contributed by atoms with Crippen LogP contribution in [0.3, 0.4) is 0 Å². The molecule has 0 unspecified atom stereocenters. The number of nitrogens with zero attached hydrogens (tertiary/aromatic N) is 3. The molecule has 3 rings (SSSR count). The molecule has 0 amide bonds. The van der Waals surface area contributed by atoms with Crippen molar-refractivity contribution in [3.05, 3.63) is 59.5 Å². The molecular formula is C20H20N4O2. The Hall–Kier alpha value is -3.33. The van der Waals surface area contributed by atoms with E-state index in [1.54, 1.807) is 18.2 Å². The Balaban J connectivity index is 1.77. The summed E-state index contributed by atoms with van der Waals surface area (Å²) in [6.07, 6.45) is 0.0274. The lowest BCUT2D eigenvalue weighted by atomic mass is 10.1. The summed E-state index contributed by atoms with van der Waals surface area (Å²) in [4.78, 5) is 0. The molecule has 0 atom stereocenters. The van der Waals surface area contributed by atoms with Gasteiger partial charge < -0.3 is 14.5 Å². The number of ether oxygens (including phenoxy) is 1. The fourth-order valence-corrected chi connectivity index (χ4v) is 2.51. The topological polar surface area (TPSA) is 84.0 Å². The minimum atomic E-state index is 0.0274. The maximum absolute atomic E-state index is 9.12. The van der Waals surface area contributed by atoms with Gasteiger partial charge in [-0.1, -0.05) is 18.2 Å². The first-order chi connectivity index (χ1) is 12.6. The van der Waals surface area contributed by atoms with Gasteiger partial charge in [-0.25, -0.2) is 0 Å². The van der Waals surface area contributed by atoms with E-state index in [0.717, 1.165) is 11.1 Å². The first-order valence-electron chi connectivity index (χ1n) is 8.40. The van der Waals surface area contributed by atoms with Gasteiger partial charge in [0.1, 0.15) is 5.75 Å². The third kappa shape index (κ3) is 4.01. The second-order valence-corrected chi connectivity index (χ2v) is 6.16. The molecule has 6 heteroatoms. The third-order valence-electron chi connectivity index (χ3n) is 3.74. The Morgan fingerprint density at radius 2 is 2.00 bits per heavy atom. The molecule has 1 N–H and O–H groups in total. The Labute approximate surface area is 152 Å². The summed E-state index contributed by atoms with van der Waals surface area (Å²) in [5, 5.41) is 20.6. The van der Waals surface area contributed by atoms with Gasteiger partial charge in [-0.05, 0) is 50.6 Å². The van der Waals surface area contributed by atoms with Crippen molar-refractivity contribution in [1.82, 2.24) is 10.2 Å². The van der Waals surface area contributed by atoms with Crippen LogP contribution in [-0.4, -0.2) is 16.3 Å². The van der Waals surface area contributed by atoms with Crippen molar-refractivity contribution >= 4 is 5.69 Å². The van der Waals surface area contributed by atoms with Crippen molar-refractivity contribution in [2.75, 3.05) is 5.32 Å². The molecule has 0 saturated carbocycles. The van der Waals surface area contributed by atoms with E-state index in [1.165, 1.54) is 0 Å². The Morgan fingerprint density at radius 1 is 1.19 bits per heavy atom. The van der Waals surface area contributed by atoms with Crippen molar-refractivity contribution in [3.8, 4) is 23.3 Å². The van der Waals surface area contributed by atoms with Gasteiger partial charge in [0.15, 0.2) is 0 Å². The minimum Gasteiger partial charge on any atom is -0.489 e. The highest BCUT2D eigenvalue weighted by molar-refractivity contribution is 5.60. The van der Waals surface area contributed by atoms with E-state index < -0.39 is 0 Å². The van der Waals surface area contributed by atoms with E-state index in [9.17, 15) is 0 Å². The van der Waals surface area contributed by atoms with Crippen LogP contribution in [0.15, 0.2) is 46.9 Å². The number of hydrogen-bond acceptors (Lipinski definition) is 6. The molecule has 6 nitrogen and oxygen atoms in total. The number of hydrogen-bond donors (Lipinski definition) is 1. The first kappa shape index (κ1) is 17.5. The summed E-state index contributed by atoms with van der Waals surface area (Å²) in [5.41, 5.74) is 3.26. The predicted molar refractivity (Wildman–Crippen MR) is 98.7 cm³/mol. The number of nitriles is 1. The highest BCUT2D eigenvalue weighted by Gasteiger charge is 2.12. The van der Waals surface area contributed by atoms with Gasteiger partial charge in [0, 0.05) is 5.56 Å². The third-order valence-corrected chi connectivity index (χ3v) is 3.74. The summed E-state index contributed by atoms with van der Waals surface area (Å²) in [6.45, 7) is 6.24. The van der Waals surface area contributed by atoms with Gasteiger partial charge in [-0.2, -0.15) is 5.26 Å². The zero-order chi connectivity index (χ0) is 18.5. The Morgan fingerprint density at radius 3 is 2.73 bits per heavy atom. The van der Waals surface area contributed by atoms with Crippen LogP contribution in [0.25, 0.3) is 11.5 Å². The molecule has 1 heterocycles. The minimum absolute atomic E-state index is 0.0274. The lowest BCUT2D eigenvalue weighted by molar-refractivity contribution is 0.243. The van der Waals surface area contributed by atoms with E-state index in [0.29, 0.717) is 35.3 Å². The first-order valence-corrected chi connectivity index (χ1v) is 8.40. The molecule has 132 valence electrons. The van der Waals surface area contributed by atoms with E-state index in [1.807, 2.05) is 45.0 Å². The van der Waals surface area contributed by atoms with Gasteiger partial charge in [0.25, 0.3) is 0 Å². The fraction of sp³-hybridized carbons (Fsp3) is 0.250. The molecule has 0 saturated heterocycles. The van der Waals surface area contributed by atoms with Crippen LogP contribution in [0.4, 0.5) is 5.69 Å². The number of anilines is 1. The van der Waals surface area contributed by atoms with Gasteiger partial charge in [0.2, 0.25) is 11.8 Å². The Bertz CT molecular complexity index is 941. The van der Waals surface area contributed by atoms with Crippen LogP contribution < -0.4 is 10.1 Å². The van der Waals surface area contributed by atoms with Crippen molar-refractivity contribution in [2.45, 2.75) is 33.4 Å². The fourth-order valence-electron chi connectivity index (χ4n) is 2.51. The second kappa shape index (κ2) is 7.70. The number of aryl methyl sites for hydroxylation is 1. The number of rotatable bonds is 6. The summed E-state index contributed by atoms with van der Waals surface area (Å²) < 4.78 is 11.5. The number of nitrogens with one attached hydrogen (secondary N) is 1. The van der Waals surface area contributed by atoms with E-state index in [2.05, 4.69) is 21.6 Å². The SMILES string of the molecule is Cc1ccccc1-c1nnc(CNc2cc(C#N)ccc2OC(C)C)o1. The van der Waals surface area contributed by atoms with Gasteiger partial charge in [0.05, 0.1) is 30.0 Å². The largest absolute Gasteiger partial charge is 0.489 e. The van der Waals surface area contributed by atoms with Crippen LogP contribution in [0.1, 0.15) is 30.9 Å². The summed E-state index contributed by atoms with van der Waals surface area (Å²) in [6, 6.07) is 15.2. The van der Waals surface area contributed by atoms with E-state index >= 15 is 0 Å². The second-order valence-electron chi connectivity index (χ2n) is 6.16. The van der Waals surface area contributed by atoms with Crippen LogP contribution in [-0.2, 0) is 6.54 Å². The van der Waals surface area contributed by atoms with Gasteiger partial charge >= 0.3 is 0 Å². The zero-order valence-electron chi connectivity index (χ0n) is 15.0. The number of benzene rings is 2. The highest BCUT2D eigenvalue weighted by atomic mass is 16.5. The van der Waals surface area contributed by atoms with Crippen molar-refractivity contribution in [3.63, 3.8) is 0 Å². The molecular weight excluding hydrogens is 328 g/mol. The van der Waals surface area contributed by atoms with Crippen LogP contribution in [0, 0.1) is 18.3 Å². The van der Waals surface area contributed by atoms with Crippen LogP contribution in [0.2, 0.25) is 0 Å². The molecule has 3 aromatic rings. The monoisotopic (exact) mass is 348 g/mol. The zero-order valence-corrected chi connectivity index (χ0v) is 15.0.